The Balaban J connectivity index is 1.67. The molecule has 1 heterocycles. The summed E-state index contributed by atoms with van der Waals surface area (Å²) in [5.74, 6) is 0. The van der Waals surface area contributed by atoms with Crippen molar-refractivity contribution in [2.75, 3.05) is 6.61 Å². The lowest BCUT2D eigenvalue weighted by atomic mass is 9.80. The molecule has 0 amide bonds. The number of nitrogens with one attached hydrogen (secondary N) is 1. The molecule has 0 saturated heterocycles. The molecule has 2 atom stereocenters. The third-order valence-electron chi connectivity index (χ3n) is 6.03. The van der Waals surface area contributed by atoms with Crippen molar-refractivity contribution in [1.82, 2.24) is 9.55 Å². The monoisotopic (exact) mass is 472 g/mol. The fourth-order valence-corrected chi connectivity index (χ4v) is 4.17. The van der Waals surface area contributed by atoms with E-state index in [0.717, 1.165) is 16.7 Å². The summed E-state index contributed by atoms with van der Waals surface area (Å²) >= 11 is 0. The van der Waals surface area contributed by atoms with E-state index in [1.807, 2.05) is 91.0 Å². The van der Waals surface area contributed by atoms with E-state index in [-0.39, 0.29) is 13.2 Å². The Bertz CT molecular complexity index is 1250. The summed E-state index contributed by atoms with van der Waals surface area (Å²) < 4.78 is 7.70. The largest absolute Gasteiger partial charge is 0.388 e. The Labute approximate surface area is 202 Å². The quantitative estimate of drug-likeness (QED) is 0.325. The summed E-state index contributed by atoms with van der Waals surface area (Å²) in [7, 11) is 0. The SMILES string of the molecule is Cc1cn(C[C@@H](O)[C@H](O)COC(c2ccccc2)(c2ccccc2)c2ccccc2)c(=O)[nH]c1=O. The summed E-state index contributed by atoms with van der Waals surface area (Å²) in [5, 5.41) is 21.5. The van der Waals surface area contributed by atoms with Crippen molar-refractivity contribution in [3.63, 3.8) is 0 Å². The summed E-state index contributed by atoms with van der Waals surface area (Å²) in [6.45, 7) is 1.15. The lowest BCUT2D eigenvalue weighted by molar-refractivity contribution is -0.0819. The summed E-state index contributed by atoms with van der Waals surface area (Å²) in [6, 6.07) is 29.1. The van der Waals surface area contributed by atoms with Crippen LogP contribution in [0.5, 0.6) is 0 Å². The van der Waals surface area contributed by atoms with Crippen LogP contribution in [0.15, 0.2) is 107 Å². The smallest absolute Gasteiger partial charge is 0.328 e. The molecule has 0 unspecified atom stereocenters. The van der Waals surface area contributed by atoms with Gasteiger partial charge in [-0.25, -0.2) is 4.79 Å². The minimum absolute atomic E-state index is 0.198. The van der Waals surface area contributed by atoms with Crippen LogP contribution in [-0.4, -0.2) is 38.6 Å². The molecule has 1 aromatic heterocycles. The van der Waals surface area contributed by atoms with Gasteiger partial charge in [0, 0.05) is 11.8 Å². The van der Waals surface area contributed by atoms with E-state index in [0.29, 0.717) is 5.56 Å². The maximum absolute atomic E-state index is 12.1. The fraction of sp³-hybridized carbons (Fsp3) is 0.214. The number of aliphatic hydroxyl groups excluding tert-OH is 2. The number of nitrogens with zero attached hydrogens (tertiary/aromatic N) is 1. The number of aliphatic hydroxyl groups is 2. The molecule has 7 nitrogen and oxygen atoms in total. The van der Waals surface area contributed by atoms with Crippen LogP contribution in [0.25, 0.3) is 0 Å². The molecule has 0 aliphatic rings. The van der Waals surface area contributed by atoms with Gasteiger partial charge in [-0.1, -0.05) is 91.0 Å². The van der Waals surface area contributed by atoms with Crippen molar-refractivity contribution in [1.29, 1.82) is 0 Å². The molecule has 4 aromatic rings. The van der Waals surface area contributed by atoms with Crippen molar-refractivity contribution in [3.05, 3.63) is 140 Å². The molecule has 0 aliphatic heterocycles. The van der Waals surface area contributed by atoms with E-state index in [1.54, 1.807) is 6.92 Å². The van der Waals surface area contributed by atoms with Gasteiger partial charge in [0.25, 0.3) is 5.56 Å². The van der Waals surface area contributed by atoms with Gasteiger partial charge in [0.2, 0.25) is 0 Å². The Hall–Kier alpha value is -3.78. The molecular formula is C28H28N2O5. The Morgan fingerprint density at radius 1 is 0.800 bits per heavy atom. The summed E-state index contributed by atoms with van der Waals surface area (Å²) in [6.07, 6.45) is -1.25. The van der Waals surface area contributed by atoms with E-state index in [9.17, 15) is 19.8 Å². The molecule has 180 valence electrons. The Kier molecular flexibility index (Phi) is 7.41. The number of hydrogen-bond acceptors (Lipinski definition) is 5. The zero-order chi connectivity index (χ0) is 24.8. The number of rotatable bonds is 9. The number of benzene rings is 3. The lowest BCUT2D eigenvalue weighted by Gasteiger charge is -2.37. The first-order valence-corrected chi connectivity index (χ1v) is 11.4. The zero-order valence-corrected chi connectivity index (χ0v) is 19.4. The molecular weight excluding hydrogens is 444 g/mol. The van der Waals surface area contributed by atoms with Crippen molar-refractivity contribution in [3.8, 4) is 0 Å². The second kappa shape index (κ2) is 10.7. The number of ether oxygens (including phenoxy) is 1. The molecule has 4 rings (SSSR count). The first-order chi connectivity index (χ1) is 16.9. The molecule has 3 N–H and O–H groups in total. The van der Waals surface area contributed by atoms with E-state index in [4.69, 9.17) is 4.74 Å². The van der Waals surface area contributed by atoms with Crippen LogP contribution in [0, 0.1) is 6.92 Å². The van der Waals surface area contributed by atoms with Crippen molar-refractivity contribution in [2.24, 2.45) is 0 Å². The highest BCUT2D eigenvalue weighted by atomic mass is 16.5. The van der Waals surface area contributed by atoms with Gasteiger partial charge in [-0.15, -0.1) is 0 Å². The molecule has 3 aromatic carbocycles. The molecule has 0 radical (unpaired) electrons. The van der Waals surface area contributed by atoms with Crippen LogP contribution < -0.4 is 11.2 Å². The van der Waals surface area contributed by atoms with Gasteiger partial charge in [-0.05, 0) is 23.6 Å². The normalized spacial score (nSPS) is 13.3. The van der Waals surface area contributed by atoms with Gasteiger partial charge in [-0.2, -0.15) is 0 Å². The highest BCUT2D eigenvalue weighted by molar-refractivity contribution is 5.47. The van der Waals surface area contributed by atoms with Gasteiger partial charge in [0.05, 0.1) is 13.2 Å². The van der Waals surface area contributed by atoms with Gasteiger partial charge < -0.3 is 14.9 Å². The van der Waals surface area contributed by atoms with Gasteiger partial charge in [0.15, 0.2) is 0 Å². The van der Waals surface area contributed by atoms with Crippen molar-refractivity contribution in [2.45, 2.75) is 31.3 Å². The van der Waals surface area contributed by atoms with Crippen LogP contribution in [0.1, 0.15) is 22.3 Å². The van der Waals surface area contributed by atoms with E-state index >= 15 is 0 Å². The topological polar surface area (TPSA) is 105 Å². The number of H-pyrrole nitrogens is 1. The zero-order valence-electron chi connectivity index (χ0n) is 19.4. The van der Waals surface area contributed by atoms with Crippen molar-refractivity contribution >= 4 is 0 Å². The molecule has 0 saturated carbocycles. The standard InChI is InChI=1S/C28H28N2O5/c1-20-17-30(27(34)29-26(20)33)18-24(31)25(32)19-35-28(21-11-5-2-6-12-21,22-13-7-3-8-14-22)23-15-9-4-10-16-23/h2-17,24-25,31-32H,18-19H2,1H3,(H,29,33,34)/t24-,25-/m1/s1. The number of aryl methyl sites for hydroxylation is 1. The number of hydrogen-bond donors (Lipinski definition) is 3. The molecule has 0 fully saturated rings. The Morgan fingerprint density at radius 3 is 1.71 bits per heavy atom. The maximum Gasteiger partial charge on any atom is 0.328 e. The maximum atomic E-state index is 12.1. The predicted octanol–water partition coefficient (Wildman–Crippen LogP) is 2.58. The van der Waals surface area contributed by atoms with E-state index in [2.05, 4.69) is 4.98 Å². The van der Waals surface area contributed by atoms with Crippen LogP contribution in [0.4, 0.5) is 0 Å². The van der Waals surface area contributed by atoms with Crippen molar-refractivity contribution < 1.29 is 14.9 Å². The molecule has 0 spiro atoms. The third kappa shape index (κ3) is 5.17. The second-order valence-electron chi connectivity index (χ2n) is 8.45. The summed E-state index contributed by atoms with van der Waals surface area (Å²) in [4.78, 5) is 25.9. The minimum atomic E-state index is -1.31. The minimum Gasteiger partial charge on any atom is -0.388 e. The first kappa shape index (κ1) is 24.3. The van der Waals surface area contributed by atoms with Crippen LogP contribution >= 0.6 is 0 Å². The molecule has 0 aliphatic carbocycles. The highest BCUT2D eigenvalue weighted by Crippen LogP contribution is 2.40. The molecule has 7 heteroatoms. The van der Waals surface area contributed by atoms with Crippen LogP contribution in [0.3, 0.4) is 0 Å². The molecule has 35 heavy (non-hydrogen) atoms. The third-order valence-corrected chi connectivity index (χ3v) is 6.03. The first-order valence-electron chi connectivity index (χ1n) is 11.4. The number of aromatic nitrogens is 2. The van der Waals surface area contributed by atoms with Crippen LogP contribution in [-0.2, 0) is 16.9 Å². The van der Waals surface area contributed by atoms with Crippen LogP contribution in [0.2, 0.25) is 0 Å². The van der Waals surface area contributed by atoms with Gasteiger partial charge in [-0.3, -0.25) is 14.3 Å². The van der Waals surface area contributed by atoms with Gasteiger partial charge >= 0.3 is 5.69 Å². The summed E-state index contributed by atoms with van der Waals surface area (Å²) in [5.41, 5.74) is 0.752. The average Bonchev–Trinajstić information content (AvgIpc) is 2.89. The average molecular weight is 473 g/mol. The lowest BCUT2D eigenvalue weighted by Crippen LogP contribution is -2.42. The fourth-order valence-electron chi connectivity index (χ4n) is 4.17. The van der Waals surface area contributed by atoms with E-state index in [1.165, 1.54) is 10.8 Å². The highest BCUT2D eigenvalue weighted by Gasteiger charge is 2.38. The van der Waals surface area contributed by atoms with E-state index < -0.39 is 29.1 Å². The molecule has 0 bridgehead atoms. The second-order valence-corrected chi connectivity index (χ2v) is 8.45. The Morgan fingerprint density at radius 2 is 1.26 bits per heavy atom. The van der Waals surface area contributed by atoms with Gasteiger partial charge in [0.1, 0.15) is 17.8 Å². The predicted molar refractivity (Wildman–Crippen MR) is 133 cm³/mol. The number of aromatic amines is 1.